The third-order valence-electron chi connectivity index (χ3n) is 2.93. The quantitative estimate of drug-likeness (QED) is 0.327. The topological polar surface area (TPSA) is 105 Å². The smallest absolute Gasteiger partial charge is 0.242 e. The van der Waals surface area contributed by atoms with Gasteiger partial charge in [-0.15, -0.1) is 0 Å². The zero-order chi connectivity index (χ0) is 17.9. The monoisotopic (exact) mass is 437 g/mol. The summed E-state index contributed by atoms with van der Waals surface area (Å²) in [6.45, 7) is 6.27. The molecule has 2 rings (SSSR count). The lowest BCUT2D eigenvalue weighted by Gasteiger charge is -2.20. The van der Waals surface area contributed by atoms with Gasteiger partial charge in [0, 0.05) is 6.54 Å². The molecule has 2 unspecified atom stereocenters. The number of furan rings is 2. The van der Waals surface area contributed by atoms with Gasteiger partial charge in [0.25, 0.3) is 0 Å². The fourth-order valence-corrected chi connectivity index (χ4v) is 3.65. The van der Waals surface area contributed by atoms with Gasteiger partial charge in [-0.1, -0.05) is 15.9 Å². The summed E-state index contributed by atoms with van der Waals surface area (Å²) >= 11 is 1.41. The number of alkyl halides is 1. The van der Waals surface area contributed by atoms with Crippen LogP contribution in [0, 0.1) is 0 Å². The summed E-state index contributed by atoms with van der Waals surface area (Å²) in [6.07, 6.45) is 1.95. The Morgan fingerprint density at radius 2 is 2.17 bits per heavy atom. The van der Waals surface area contributed by atoms with Gasteiger partial charge in [0.1, 0.15) is 0 Å². The molecule has 7 nitrogen and oxygen atoms in total. The zero-order valence-corrected chi connectivity index (χ0v) is 16.9. The van der Waals surface area contributed by atoms with E-state index in [9.17, 15) is 9.32 Å². The van der Waals surface area contributed by atoms with Crippen LogP contribution in [-0.2, 0) is 11.3 Å². The molecule has 134 valence electrons. The van der Waals surface area contributed by atoms with Gasteiger partial charge < -0.3 is 18.4 Å². The van der Waals surface area contributed by atoms with E-state index in [-0.39, 0.29) is 28.6 Å². The number of hydrogen-bond donors (Lipinski definition) is 3. The molecule has 24 heavy (non-hydrogen) atoms. The fourth-order valence-electron chi connectivity index (χ4n) is 2.01. The minimum Gasteiger partial charge on any atom is -0.539 e. The van der Waals surface area contributed by atoms with E-state index in [2.05, 4.69) is 20.7 Å². The van der Waals surface area contributed by atoms with E-state index >= 15 is 0 Å². The molecule has 2 aromatic heterocycles. The molecule has 0 spiro atoms. The molecule has 3 N–H and O–H groups in total. The molecule has 0 bridgehead atoms. The maximum absolute atomic E-state index is 10.7. The Morgan fingerprint density at radius 3 is 2.71 bits per heavy atom. The van der Waals surface area contributed by atoms with Gasteiger partial charge in [0.2, 0.25) is 31.1 Å². The van der Waals surface area contributed by atoms with Crippen molar-refractivity contribution in [1.82, 2.24) is 4.72 Å². The van der Waals surface area contributed by atoms with E-state index in [1.807, 2.05) is 19.6 Å². The second-order valence-electron chi connectivity index (χ2n) is 6.06. The van der Waals surface area contributed by atoms with Gasteiger partial charge in [0.15, 0.2) is 17.3 Å². The summed E-state index contributed by atoms with van der Waals surface area (Å²) in [6, 6.07) is 3.38. The average Bonchev–Trinajstić information content (AvgIpc) is 3.06. The van der Waals surface area contributed by atoms with Crippen LogP contribution in [0.25, 0.3) is 11.5 Å². The lowest BCUT2D eigenvalue weighted by molar-refractivity contribution is 0.435. The number of nitrogens with one attached hydrogen (secondary N) is 1. The number of aromatic hydroxyl groups is 1. The van der Waals surface area contributed by atoms with Crippen molar-refractivity contribution >= 4 is 35.5 Å². The largest absolute Gasteiger partial charge is 0.539 e. The Bertz CT molecular complexity index is 697. The van der Waals surface area contributed by atoms with Gasteiger partial charge in [-0.05, 0) is 38.2 Å². The lowest BCUT2D eigenvalue weighted by atomic mass is 10.2. The molecule has 0 fully saturated rings. The van der Waals surface area contributed by atoms with Crippen LogP contribution in [0.1, 0.15) is 17.0 Å². The highest BCUT2D eigenvalue weighted by Crippen LogP contribution is 2.48. The molecular weight excluding hydrogens is 418 g/mol. The molecule has 0 aliphatic rings. The van der Waals surface area contributed by atoms with Crippen molar-refractivity contribution < 1.29 is 27.1 Å². The second-order valence-corrected chi connectivity index (χ2v) is 12.4. The molecule has 0 aliphatic heterocycles. The highest BCUT2D eigenvalue weighted by atomic mass is 79.9. The van der Waals surface area contributed by atoms with Crippen LogP contribution in [0.3, 0.4) is 0 Å². The SMILES string of the molecule is C[Si](C)(C)Oc1c(C(Br)CCNS(=O)O)oc(-c2ccco2)c1O. The Kier molecular flexibility index (Phi) is 6.32. The molecule has 0 radical (unpaired) electrons. The third kappa shape index (κ3) is 4.96. The zero-order valence-electron chi connectivity index (χ0n) is 13.5. The van der Waals surface area contributed by atoms with Crippen molar-refractivity contribution in [2.75, 3.05) is 6.54 Å². The maximum atomic E-state index is 10.7. The number of rotatable bonds is 8. The Hall–Kier alpha value is -1.07. The Labute approximate surface area is 152 Å². The maximum Gasteiger partial charge on any atom is 0.242 e. The van der Waals surface area contributed by atoms with Crippen molar-refractivity contribution in [1.29, 1.82) is 0 Å². The van der Waals surface area contributed by atoms with Crippen molar-refractivity contribution in [3.63, 3.8) is 0 Å². The minimum absolute atomic E-state index is 0.106. The highest BCUT2D eigenvalue weighted by molar-refractivity contribution is 9.09. The first kappa shape index (κ1) is 19.3. The summed E-state index contributed by atoms with van der Waals surface area (Å²) in [5.74, 6) is 1.20. The van der Waals surface area contributed by atoms with Gasteiger partial charge in [-0.2, -0.15) is 0 Å². The van der Waals surface area contributed by atoms with Crippen LogP contribution < -0.4 is 9.15 Å². The summed E-state index contributed by atoms with van der Waals surface area (Å²) in [5, 5.41) is 10.5. The normalized spacial score (nSPS) is 14.5. The molecule has 0 aromatic carbocycles. The predicted molar refractivity (Wildman–Crippen MR) is 97.1 cm³/mol. The van der Waals surface area contributed by atoms with Gasteiger partial charge in [0.05, 0.1) is 11.1 Å². The summed E-state index contributed by atoms with van der Waals surface area (Å²) in [5.41, 5.74) is 0. The van der Waals surface area contributed by atoms with Crippen LogP contribution in [0.2, 0.25) is 19.6 Å². The van der Waals surface area contributed by atoms with Crippen LogP contribution in [0.4, 0.5) is 0 Å². The molecule has 2 aromatic rings. The van der Waals surface area contributed by atoms with Crippen molar-refractivity contribution in [3.8, 4) is 23.0 Å². The predicted octanol–water partition coefficient (Wildman–Crippen LogP) is 4.01. The lowest BCUT2D eigenvalue weighted by Crippen LogP contribution is -2.29. The molecule has 0 saturated carbocycles. The van der Waals surface area contributed by atoms with Crippen LogP contribution in [0.5, 0.6) is 11.5 Å². The molecule has 0 aliphatic carbocycles. The van der Waals surface area contributed by atoms with E-state index in [1.54, 1.807) is 12.1 Å². The van der Waals surface area contributed by atoms with E-state index < -0.39 is 19.6 Å². The summed E-state index contributed by atoms with van der Waals surface area (Å²) in [4.78, 5) is -0.311. The minimum atomic E-state index is -2.07. The highest BCUT2D eigenvalue weighted by Gasteiger charge is 2.31. The van der Waals surface area contributed by atoms with Crippen LogP contribution in [0.15, 0.2) is 27.2 Å². The molecule has 10 heteroatoms. The second kappa shape index (κ2) is 7.87. The Balaban J connectivity index is 2.33. The number of hydrogen-bond acceptors (Lipinski definition) is 5. The van der Waals surface area contributed by atoms with E-state index in [1.165, 1.54) is 6.26 Å². The van der Waals surface area contributed by atoms with E-state index in [4.69, 9.17) is 17.8 Å². The van der Waals surface area contributed by atoms with E-state index in [0.717, 1.165) is 0 Å². The van der Waals surface area contributed by atoms with Gasteiger partial charge in [-0.25, -0.2) is 8.93 Å². The first-order valence-corrected chi connectivity index (χ1v) is 12.7. The first-order valence-electron chi connectivity index (χ1n) is 7.26. The van der Waals surface area contributed by atoms with Gasteiger partial charge >= 0.3 is 0 Å². The van der Waals surface area contributed by atoms with Gasteiger partial charge in [-0.3, -0.25) is 4.55 Å². The van der Waals surface area contributed by atoms with Crippen LogP contribution in [-0.4, -0.2) is 28.7 Å². The average molecular weight is 438 g/mol. The summed E-state index contributed by atoms with van der Waals surface area (Å²) < 4.78 is 38.9. The van der Waals surface area contributed by atoms with Crippen molar-refractivity contribution in [2.45, 2.75) is 30.9 Å². The third-order valence-corrected chi connectivity index (χ3v) is 5.07. The molecular formula is C14H20BrNO6SSi. The van der Waals surface area contributed by atoms with Crippen LogP contribution >= 0.6 is 15.9 Å². The standard InChI is InChI=1S/C14H20BrNO6SSi/c1-24(2,3)22-14-11(17)13(10-5-4-8-20-10)21-12(14)9(15)6-7-16-23(18)19/h4-5,8-9,16-17H,6-7H2,1-3H3,(H,18,19). The molecule has 0 amide bonds. The molecule has 2 atom stereocenters. The number of halogens is 1. The first-order chi connectivity index (χ1) is 11.2. The fraction of sp³-hybridized carbons (Fsp3) is 0.429. The van der Waals surface area contributed by atoms with Crippen molar-refractivity contribution in [3.05, 3.63) is 24.2 Å². The molecule has 0 saturated heterocycles. The van der Waals surface area contributed by atoms with Crippen molar-refractivity contribution in [2.24, 2.45) is 0 Å². The molecule has 2 heterocycles. The Morgan fingerprint density at radius 1 is 1.46 bits per heavy atom. The summed E-state index contributed by atoms with van der Waals surface area (Å²) in [7, 11) is -2.00. The van der Waals surface area contributed by atoms with E-state index in [0.29, 0.717) is 17.9 Å².